The van der Waals surface area contributed by atoms with E-state index in [-0.39, 0.29) is 15.8 Å². The number of carbonyl (C=O) groups excluding carboxylic acids is 1. The van der Waals surface area contributed by atoms with E-state index < -0.39 is 19.0 Å². The van der Waals surface area contributed by atoms with Gasteiger partial charge in [-0.3, -0.25) is 9.36 Å². The summed E-state index contributed by atoms with van der Waals surface area (Å²) in [6.45, 7) is 3.64. The molecule has 1 aromatic rings. The molecule has 1 atom stereocenters. The molecule has 9 heteroatoms. The molecule has 0 fully saturated rings. The van der Waals surface area contributed by atoms with Crippen molar-refractivity contribution in [1.29, 1.82) is 0 Å². The summed E-state index contributed by atoms with van der Waals surface area (Å²) >= 11 is 12.1. The molecule has 126 valence electrons. The number of benzene rings is 1. The first kappa shape index (κ1) is 17.4. The molecule has 1 N–H and O–H groups in total. The molecule has 3 rings (SSSR count). The summed E-state index contributed by atoms with van der Waals surface area (Å²) in [6.07, 6.45) is 1.46. The van der Waals surface area contributed by atoms with Crippen LogP contribution in [-0.4, -0.2) is 16.4 Å². The van der Waals surface area contributed by atoms with Gasteiger partial charge in [-0.25, -0.2) is 4.99 Å². The third kappa shape index (κ3) is 2.85. The van der Waals surface area contributed by atoms with Crippen LogP contribution in [0.25, 0.3) is 0 Å². The molecule has 0 saturated carbocycles. The molecule has 1 aliphatic heterocycles. The minimum absolute atomic E-state index is 0.0192. The van der Waals surface area contributed by atoms with Gasteiger partial charge in [-0.15, -0.1) is 0 Å². The van der Waals surface area contributed by atoms with Gasteiger partial charge in [0.2, 0.25) is 5.78 Å². The molecule has 6 nitrogen and oxygen atoms in total. The van der Waals surface area contributed by atoms with E-state index in [1.54, 1.807) is 6.07 Å². The van der Waals surface area contributed by atoms with E-state index in [2.05, 4.69) is 9.52 Å². The first-order valence-corrected chi connectivity index (χ1v) is 9.05. The monoisotopic (exact) mass is 386 g/mol. The lowest BCUT2D eigenvalue weighted by atomic mass is 9.71. The molecule has 2 aliphatic rings. The summed E-state index contributed by atoms with van der Waals surface area (Å²) in [5, 5.41) is -0.0471. The van der Waals surface area contributed by atoms with Gasteiger partial charge < -0.3 is 14.3 Å². The van der Waals surface area contributed by atoms with Gasteiger partial charge in [0.25, 0.3) is 0 Å². The number of aliphatic imine (C=N–C) groups is 1. The van der Waals surface area contributed by atoms with Crippen LogP contribution in [0.1, 0.15) is 19.4 Å². The number of nitrogens with zero attached hydrogens (tertiary/aromatic N) is 1. The summed E-state index contributed by atoms with van der Waals surface area (Å²) in [5.74, 6) is -0.552. The zero-order valence-electron chi connectivity index (χ0n) is 12.5. The highest BCUT2D eigenvalue weighted by Crippen LogP contribution is 2.48. The largest absolute Gasteiger partial charge is 0.746 e. The van der Waals surface area contributed by atoms with E-state index >= 15 is 0 Å². The number of carbonyl (C=O) groups is 1. The third-order valence-electron chi connectivity index (χ3n) is 3.88. The van der Waals surface area contributed by atoms with Crippen molar-refractivity contribution in [1.82, 2.24) is 0 Å². The topological polar surface area (TPSA) is 99.0 Å². The van der Waals surface area contributed by atoms with Crippen LogP contribution in [0.5, 0.6) is 5.75 Å². The molecule has 0 amide bonds. The number of ketones is 1. The third-order valence-corrected chi connectivity index (χ3v) is 4.97. The minimum Gasteiger partial charge on any atom is -0.746 e. The summed E-state index contributed by atoms with van der Waals surface area (Å²) < 4.78 is 15.4. The Kier molecular flexibility index (Phi) is 4.02. The average Bonchev–Trinajstić information content (AvgIpc) is 2.43. The number of hydrogen-bond donors (Lipinski definition) is 1. The standard InChI is InChI=1S/C15H12Cl2NO5P/c1-15(2)8-5-7(23-24(20,21)22)3-4-10(8)18-11-6-9(16)14(19)13(17)12(11)15/h3-6H,1-2H3,(H2,20,21,22)/p-1. The van der Waals surface area contributed by atoms with Crippen LogP contribution in [0, 0.1) is 0 Å². The van der Waals surface area contributed by atoms with Crippen molar-refractivity contribution in [2.24, 2.45) is 4.99 Å². The normalized spacial score (nSPS) is 21.3. The Morgan fingerprint density at radius 3 is 2.62 bits per heavy atom. The second-order valence-corrected chi connectivity index (χ2v) is 7.78. The zero-order chi connectivity index (χ0) is 17.9. The van der Waals surface area contributed by atoms with E-state index in [1.165, 1.54) is 18.2 Å². The number of Topliss-reactive ketones (excluding diaryl/α,β-unsaturated/α-hetero) is 1. The number of hydrogen-bond acceptors (Lipinski definition) is 5. The quantitative estimate of drug-likeness (QED) is 0.621. The van der Waals surface area contributed by atoms with Crippen molar-refractivity contribution in [3.63, 3.8) is 0 Å². The smallest absolute Gasteiger partial charge is 0.317 e. The van der Waals surface area contributed by atoms with E-state index in [9.17, 15) is 14.3 Å². The van der Waals surface area contributed by atoms with Crippen molar-refractivity contribution in [3.8, 4) is 5.75 Å². The first-order valence-electron chi connectivity index (χ1n) is 6.80. The average molecular weight is 387 g/mol. The Hall–Kier alpha value is -1.43. The number of rotatable bonds is 2. The molecular weight excluding hydrogens is 376 g/mol. The van der Waals surface area contributed by atoms with Gasteiger partial charge in [0.05, 0.1) is 21.5 Å². The van der Waals surface area contributed by atoms with Crippen LogP contribution < -0.4 is 9.42 Å². The van der Waals surface area contributed by atoms with Crippen molar-refractivity contribution in [2.75, 3.05) is 0 Å². The number of halogens is 2. The van der Waals surface area contributed by atoms with Gasteiger partial charge in [-0.05, 0) is 29.8 Å². The molecule has 1 heterocycles. The van der Waals surface area contributed by atoms with E-state index in [0.717, 1.165) is 0 Å². The highest BCUT2D eigenvalue weighted by atomic mass is 35.5. The molecule has 1 aromatic carbocycles. The SMILES string of the molecule is CC1(C)C2=C(Cl)C(=O)C(Cl)=CC2=Nc2ccc(OP(=O)([O-])O)cc21. The van der Waals surface area contributed by atoms with Crippen molar-refractivity contribution < 1.29 is 23.7 Å². The van der Waals surface area contributed by atoms with E-state index in [4.69, 9.17) is 28.1 Å². The van der Waals surface area contributed by atoms with Gasteiger partial charge >= 0.3 is 7.82 Å². The van der Waals surface area contributed by atoms with Gasteiger partial charge in [-0.2, -0.15) is 0 Å². The number of fused-ring (bicyclic) bond motifs is 2. The summed E-state index contributed by atoms with van der Waals surface area (Å²) in [5.41, 5.74) is 1.38. The highest BCUT2D eigenvalue weighted by molar-refractivity contribution is 7.45. The highest BCUT2D eigenvalue weighted by Gasteiger charge is 2.40. The number of phosphoric acid groups is 1. The maximum Gasteiger partial charge on any atom is 0.317 e. The maximum atomic E-state index is 12.1. The van der Waals surface area contributed by atoms with Crippen molar-refractivity contribution >= 4 is 48.2 Å². The van der Waals surface area contributed by atoms with Crippen LogP contribution in [0.3, 0.4) is 0 Å². The molecule has 1 unspecified atom stereocenters. The minimum atomic E-state index is -4.93. The predicted octanol–water partition coefficient (Wildman–Crippen LogP) is 3.09. The van der Waals surface area contributed by atoms with Crippen LogP contribution in [0.2, 0.25) is 0 Å². The second kappa shape index (κ2) is 5.55. The molecule has 0 aromatic heterocycles. The fraction of sp³-hybridized carbons (Fsp3) is 0.200. The summed E-state index contributed by atoms with van der Waals surface area (Å²) in [4.78, 5) is 36.3. The lowest BCUT2D eigenvalue weighted by Gasteiger charge is -2.36. The Morgan fingerprint density at radius 1 is 1.33 bits per heavy atom. The lowest BCUT2D eigenvalue weighted by molar-refractivity contribution is -0.211. The van der Waals surface area contributed by atoms with Crippen molar-refractivity contribution in [3.05, 3.63) is 45.5 Å². The number of allylic oxidation sites excluding steroid dienone is 4. The zero-order valence-corrected chi connectivity index (χ0v) is 14.9. The van der Waals surface area contributed by atoms with Crippen LogP contribution >= 0.6 is 31.0 Å². The fourth-order valence-corrected chi connectivity index (χ4v) is 3.90. The Labute approximate surface area is 147 Å². The molecular formula is C15H11Cl2NO5P-. The van der Waals surface area contributed by atoms with E-state index in [0.29, 0.717) is 22.5 Å². The summed E-state index contributed by atoms with van der Waals surface area (Å²) in [7, 11) is -4.93. The van der Waals surface area contributed by atoms with E-state index in [1.807, 2.05) is 13.8 Å². The molecule has 24 heavy (non-hydrogen) atoms. The Balaban J connectivity index is 2.21. The fourth-order valence-electron chi connectivity index (χ4n) is 2.84. The van der Waals surface area contributed by atoms with Crippen LogP contribution in [0.15, 0.2) is 44.9 Å². The summed E-state index contributed by atoms with van der Waals surface area (Å²) in [6, 6.07) is 4.37. The number of phosphoric ester groups is 1. The Bertz CT molecular complexity index is 910. The molecule has 1 aliphatic carbocycles. The second-order valence-electron chi connectivity index (χ2n) is 5.87. The Morgan fingerprint density at radius 2 is 2.00 bits per heavy atom. The molecule has 0 saturated heterocycles. The molecule has 0 spiro atoms. The van der Waals surface area contributed by atoms with Crippen LogP contribution in [-0.2, 0) is 14.8 Å². The molecule has 0 bridgehead atoms. The maximum absolute atomic E-state index is 12.1. The van der Waals surface area contributed by atoms with Gasteiger partial charge in [0.1, 0.15) is 5.75 Å². The van der Waals surface area contributed by atoms with Gasteiger partial charge in [0, 0.05) is 11.0 Å². The lowest BCUT2D eigenvalue weighted by Crippen LogP contribution is -2.32. The van der Waals surface area contributed by atoms with Crippen LogP contribution in [0.4, 0.5) is 5.69 Å². The van der Waals surface area contributed by atoms with Crippen molar-refractivity contribution in [2.45, 2.75) is 19.3 Å². The van der Waals surface area contributed by atoms with Gasteiger partial charge in [-0.1, -0.05) is 37.0 Å². The van der Waals surface area contributed by atoms with Gasteiger partial charge in [0.15, 0.2) is 0 Å². The molecule has 0 radical (unpaired) electrons. The predicted molar refractivity (Wildman–Crippen MR) is 88.8 cm³/mol. The first-order chi connectivity index (χ1) is 11.0.